The first-order chi connectivity index (χ1) is 11.8. The Morgan fingerprint density at radius 3 is 2.67 bits per heavy atom. The molecule has 2 fully saturated rings. The molecule has 3 rings (SSSR count). The van der Waals surface area contributed by atoms with E-state index in [-0.39, 0.29) is 5.91 Å². The number of morpholine rings is 1. The average molecular weight is 333 g/mol. The Labute approximate surface area is 143 Å². The van der Waals surface area contributed by atoms with Crippen LogP contribution < -0.4 is 10.6 Å². The van der Waals surface area contributed by atoms with Crippen LogP contribution in [0.1, 0.15) is 42.6 Å². The van der Waals surface area contributed by atoms with Gasteiger partial charge in [0.05, 0.1) is 13.2 Å². The predicted molar refractivity (Wildman–Crippen MR) is 92.1 cm³/mol. The number of rotatable bonds is 6. The molecule has 7 nitrogen and oxygen atoms in total. The number of aromatic nitrogens is 2. The van der Waals surface area contributed by atoms with Gasteiger partial charge in [-0.1, -0.05) is 19.3 Å². The molecule has 132 valence electrons. The standard InChI is InChI=1S/C17H27N5O2/c23-17(18-8-9-22-10-12-24-13-11-22)15-6-7-16(21-20-15)19-14-4-2-1-3-5-14/h6-7,14H,1-5,8-13H2,(H,18,23)(H,19,21). The first kappa shape index (κ1) is 17.1. The van der Waals surface area contributed by atoms with Gasteiger partial charge in [0.1, 0.15) is 5.82 Å². The van der Waals surface area contributed by atoms with E-state index in [0.717, 1.165) is 38.7 Å². The van der Waals surface area contributed by atoms with Gasteiger partial charge in [-0.25, -0.2) is 0 Å². The van der Waals surface area contributed by atoms with E-state index in [1.54, 1.807) is 6.07 Å². The molecule has 1 aliphatic carbocycles. The second kappa shape index (κ2) is 8.94. The quantitative estimate of drug-likeness (QED) is 0.816. The maximum atomic E-state index is 12.1. The smallest absolute Gasteiger partial charge is 0.271 e. The zero-order chi connectivity index (χ0) is 16.6. The Morgan fingerprint density at radius 1 is 1.17 bits per heavy atom. The number of carbonyl (C=O) groups is 1. The Balaban J connectivity index is 1.41. The topological polar surface area (TPSA) is 79.4 Å². The number of nitrogens with one attached hydrogen (secondary N) is 2. The van der Waals surface area contributed by atoms with Crippen LogP contribution in [0, 0.1) is 0 Å². The zero-order valence-corrected chi connectivity index (χ0v) is 14.2. The Hall–Kier alpha value is -1.73. The monoisotopic (exact) mass is 333 g/mol. The second-order valence-electron chi connectivity index (χ2n) is 6.49. The fourth-order valence-electron chi connectivity index (χ4n) is 3.23. The lowest BCUT2D eigenvalue weighted by atomic mass is 9.95. The Kier molecular flexibility index (Phi) is 6.37. The molecule has 1 aliphatic heterocycles. The SMILES string of the molecule is O=C(NCCN1CCOCC1)c1ccc(NC2CCCCC2)nn1. The van der Waals surface area contributed by atoms with Crippen LogP contribution >= 0.6 is 0 Å². The predicted octanol–water partition coefficient (Wildman–Crippen LogP) is 1.28. The van der Waals surface area contributed by atoms with E-state index in [0.29, 0.717) is 18.3 Å². The van der Waals surface area contributed by atoms with Crippen molar-refractivity contribution in [3.8, 4) is 0 Å². The van der Waals surface area contributed by atoms with Gasteiger partial charge in [-0.3, -0.25) is 9.69 Å². The molecule has 0 bridgehead atoms. The van der Waals surface area contributed by atoms with Crippen LogP contribution in [-0.2, 0) is 4.74 Å². The summed E-state index contributed by atoms with van der Waals surface area (Å²) in [5, 5.41) is 14.5. The Morgan fingerprint density at radius 2 is 1.96 bits per heavy atom. The molecule has 0 atom stereocenters. The van der Waals surface area contributed by atoms with Gasteiger partial charge in [-0.2, -0.15) is 0 Å². The van der Waals surface area contributed by atoms with Crippen molar-refractivity contribution in [2.24, 2.45) is 0 Å². The van der Waals surface area contributed by atoms with Gasteiger partial charge in [0, 0.05) is 32.2 Å². The summed E-state index contributed by atoms with van der Waals surface area (Å²) >= 11 is 0. The van der Waals surface area contributed by atoms with E-state index in [1.165, 1.54) is 32.1 Å². The lowest BCUT2D eigenvalue weighted by molar-refractivity contribution is 0.0383. The summed E-state index contributed by atoms with van der Waals surface area (Å²) in [4.78, 5) is 14.4. The summed E-state index contributed by atoms with van der Waals surface area (Å²) in [6.45, 7) is 4.85. The minimum Gasteiger partial charge on any atom is -0.379 e. The summed E-state index contributed by atoms with van der Waals surface area (Å²) in [7, 11) is 0. The van der Waals surface area contributed by atoms with Crippen LogP contribution in [0.25, 0.3) is 0 Å². The minimum atomic E-state index is -0.167. The third kappa shape index (κ3) is 5.14. The van der Waals surface area contributed by atoms with Crippen molar-refractivity contribution in [3.05, 3.63) is 17.8 Å². The van der Waals surface area contributed by atoms with E-state index in [4.69, 9.17) is 4.74 Å². The molecule has 0 unspecified atom stereocenters. The Bertz CT molecular complexity index is 510. The van der Waals surface area contributed by atoms with Gasteiger partial charge in [-0.05, 0) is 25.0 Å². The van der Waals surface area contributed by atoms with Crippen molar-refractivity contribution >= 4 is 11.7 Å². The van der Waals surface area contributed by atoms with Gasteiger partial charge in [0.25, 0.3) is 5.91 Å². The molecular weight excluding hydrogens is 306 g/mol. The van der Waals surface area contributed by atoms with E-state index in [9.17, 15) is 4.79 Å². The molecule has 1 aromatic rings. The maximum Gasteiger partial charge on any atom is 0.271 e. The van der Waals surface area contributed by atoms with Gasteiger partial charge < -0.3 is 15.4 Å². The number of hydrogen-bond donors (Lipinski definition) is 2. The highest BCUT2D eigenvalue weighted by molar-refractivity contribution is 5.92. The molecule has 1 saturated heterocycles. The van der Waals surface area contributed by atoms with Gasteiger partial charge in [0.2, 0.25) is 0 Å². The van der Waals surface area contributed by atoms with Crippen molar-refractivity contribution in [2.75, 3.05) is 44.7 Å². The molecule has 24 heavy (non-hydrogen) atoms. The number of amides is 1. The molecule has 1 saturated carbocycles. The number of hydrogen-bond acceptors (Lipinski definition) is 6. The molecule has 1 aromatic heterocycles. The van der Waals surface area contributed by atoms with Crippen LogP contribution in [0.2, 0.25) is 0 Å². The highest BCUT2D eigenvalue weighted by atomic mass is 16.5. The number of ether oxygens (including phenoxy) is 1. The second-order valence-corrected chi connectivity index (χ2v) is 6.49. The fourth-order valence-corrected chi connectivity index (χ4v) is 3.23. The lowest BCUT2D eigenvalue weighted by Gasteiger charge is -2.26. The van der Waals surface area contributed by atoms with E-state index in [2.05, 4.69) is 25.7 Å². The van der Waals surface area contributed by atoms with Crippen molar-refractivity contribution in [3.63, 3.8) is 0 Å². The summed E-state index contributed by atoms with van der Waals surface area (Å²) in [6.07, 6.45) is 6.24. The fraction of sp³-hybridized carbons (Fsp3) is 0.706. The molecule has 7 heteroatoms. The normalized spacial score (nSPS) is 19.8. The summed E-state index contributed by atoms with van der Waals surface area (Å²) in [5.41, 5.74) is 0.367. The molecule has 2 heterocycles. The molecule has 2 aliphatic rings. The largest absolute Gasteiger partial charge is 0.379 e. The zero-order valence-electron chi connectivity index (χ0n) is 14.2. The van der Waals surface area contributed by atoms with Gasteiger partial charge >= 0.3 is 0 Å². The van der Waals surface area contributed by atoms with Crippen LogP contribution in [-0.4, -0.2) is 66.4 Å². The van der Waals surface area contributed by atoms with E-state index >= 15 is 0 Å². The first-order valence-electron chi connectivity index (χ1n) is 9.00. The lowest BCUT2D eigenvalue weighted by Crippen LogP contribution is -2.41. The van der Waals surface area contributed by atoms with Crippen LogP contribution in [0.3, 0.4) is 0 Å². The molecule has 0 spiro atoms. The summed E-state index contributed by atoms with van der Waals surface area (Å²) in [5.74, 6) is 0.590. The van der Waals surface area contributed by atoms with Crippen molar-refractivity contribution in [1.29, 1.82) is 0 Å². The molecular formula is C17H27N5O2. The van der Waals surface area contributed by atoms with E-state index < -0.39 is 0 Å². The molecule has 0 radical (unpaired) electrons. The highest BCUT2D eigenvalue weighted by Gasteiger charge is 2.15. The molecule has 2 N–H and O–H groups in total. The van der Waals surface area contributed by atoms with Gasteiger partial charge in [0.15, 0.2) is 5.69 Å². The maximum absolute atomic E-state index is 12.1. The number of nitrogens with zero attached hydrogens (tertiary/aromatic N) is 3. The minimum absolute atomic E-state index is 0.167. The van der Waals surface area contributed by atoms with E-state index in [1.807, 2.05) is 6.07 Å². The van der Waals surface area contributed by atoms with Crippen LogP contribution in [0.5, 0.6) is 0 Å². The van der Waals surface area contributed by atoms with Crippen LogP contribution in [0.4, 0.5) is 5.82 Å². The van der Waals surface area contributed by atoms with Crippen molar-refractivity contribution < 1.29 is 9.53 Å². The van der Waals surface area contributed by atoms with Crippen molar-refractivity contribution in [1.82, 2.24) is 20.4 Å². The number of carbonyl (C=O) groups excluding carboxylic acids is 1. The van der Waals surface area contributed by atoms with Crippen LogP contribution in [0.15, 0.2) is 12.1 Å². The van der Waals surface area contributed by atoms with Gasteiger partial charge in [-0.15, -0.1) is 10.2 Å². The number of anilines is 1. The molecule has 1 amide bonds. The first-order valence-corrected chi connectivity index (χ1v) is 9.00. The third-order valence-corrected chi connectivity index (χ3v) is 4.67. The third-order valence-electron chi connectivity index (χ3n) is 4.67. The highest BCUT2D eigenvalue weighted by Crippen LogP contribution is 2.20. The van der Waals surface area contributed by atoms with Crippen molar-refractivity contribution in [2.45, 2.75) is 38.1 Å². The summed E-state index contributed by atoms with van der Waals surface area (Å²) in [6, 6.07) is 4.07. The molecule has 0 aromatic carbocycles. The summed E-state index contributed by atoms with van der Waals surface area (Å²) < 4.78 is 5.31. The average Bonchev–Trinajstić information content (AvgIpc) is 2.64.